The largest absolute Gasteiger partial charge is 0.507 e. The first-order valence-electron chi connectivity index (χ1n) is 8.46. The van der Waals surface area contributed by atoms with Crippen molar-refractivity contribution in [3.8, 4) is 5.75 Å². The molecular weight excluding hydrogens is 384 g/mol. The van der Waals surface area contributed by atoms with Crippen molar-refractivity contribution in [1.29, 1.82) is 0 Å². The van der Waals surface area contributed by atoms with Gasteiger partial charge in [-0.15, -0.1) is 0 Å². The summed E-state index contributed by atoms with van der Waals surface area (Å²) in [7, 11) is -2.12. The van der Waals surface area contributed by atoms with Gasteiger partial charge in [-0.2, -0.15) is 4.31 Å². The summed E-state index contributed by atoms with van der Waals surface area (Å²) in [5.41, 5.74) is 0.314. The molecule has 0 bridgehead atoms. The van der Waals surface area contributed by atoms with Gasteiger partial charge in [0.2, 0.25) is 10.0 Å². The molecule has 1 amide bonds. The average molecular weight is 406 g/mol. The Morgan fingerprint density at radius 3 is 2.29 bits per heavy atom. The van der Waals surface area contributed by atoms with E-state index in [1.165, 1.54) is 47.8 Å². The molecule has 0 aromatic heterocycles. The average Bonchev–Trinajstić information content (AvgIpc) is 2.66. The van der Waals surface area contributed by atoms with Gasteiger partial charge in [0.05, 0.1) is 4.90 Å². The molecule has 0 saturated carbocycles. The maximum absolute atomic E-state index is 12.4. The lowest BCUT2D eigenvalue weighted by Gasteiger charge is -2.21. The highest BCUT2D eigenvalue weighted by Gasteiger charge is 2.23. The maximum atomic E-state index is 12.4. The summed E-state index contributed by atoms with van der Waals surface area (Å²) in [5.74, 6) is -1.67. The number of phenolic OH excluding ortho intramolecular Hbond substituents is 1. The number of para-hydroxylation sites is 1. The molecule has 0 aliphatic heterocycles. The van der Waals surface area contributed by atoms with Gasteiger partial charge in [-0.3, -0.25) is 4.79 Å². The summed E-state index contributed by atoms with van der Waals surface area (Å²) in [5, 5.41) is 12.1. The molecule has 2 N–H and O–H groups in total. The van der Waals surface area contributed by atoms with Crippen LogP contribution in [0.1, 0.15) is 24.2 Å². The summed E-state index contributed by atoms with van der Waals surface area (Å²) < 4.78 is 30.9. The van der Waals surface area contributed by atoms with Crippen LogP contribution in [0.15, 0.2) is 53.4 Å². The molecule has 0 unspecified atom stereocenters. The molecule has 0 spiro atoms. The van der Waals surface area contributed by atoms with Crippen molar-refractivity contribution in [2.45, 2.75) is 24.8 Å². The molecule has 150 valence electrons. The highest BCUT2D eigenvalue weighted by atomic mass is 32.2. The molecule has 8 nitrogen and oxygen atoms in total. The van der Waals surface area contributed by atoms with Gasteiger partial charge in [0, 0.05) is 18.8 Å². The zero-order valence-corrected chi connectivity index (χ0v) is 16.6. The second kappa shape index (κ2) is 8.85. The number of phenols is 1. The number of nitrogens with zero attached hydrogens (tertiary/aromatic N) is 1. The number of ether oxygens (including phenoxy) is 1. The first-order valence-corrected chi connectivity index (χ1v) is 9.90. The molecule has 0 fully saturated rings. The van der Waals surface area contributed by atoms with Crippen molar-refractivity contribution in [1.82, 2.24) is 4.31 Å². The predicted octanol–water partition coefficient (Wildman–Crippen LogP) is 2.22. The summed E-state index contributed by atoms with van der Waals surface area (Å²) in [6, 6.07) is 11.3. The van der Waals surface area contributed by atoms with E-state index in [2.05, 4.69) is 5.32 Å². The van der Waals surface area contributed by atoms with Gasteiger partial charge in [0.1, 0.15) is 11.3 Å². The number of hydrogen-bond acceptors (Lipinski definition) is 6. The molecule has 0 heterocycles. The quantitative estimate of drug-likeness (QED) is 0.682. The van der Waals surface area contributed by atoms with Crippen LogP contribution >= 0.6 is 0 Å². The number of esters is 1. The normalized spacial score (nSPS) is 11.5. The first kappa shape index (κ1) is 21.4. The van der Waals surface area contributed by atoms with E-state index in [-0.39, 0.29) is 22.3 Å². The lowest BCUT2D eigenvalue weighted by atomic mass is 10.2. The Morgan fingerprint density at radius 2 is 1.71 bits per heavy atom. The van der Waals surface area contributed by atoms with E-state index in [0.29, 0.717) is 5.69 Å². The van der Waals surface area contributed by atoms with Gasteiger partial charge < -0.3 is 15.2 Å². The topological polar surface area (TPSA) is 113 Å². The van der Waals surface area contributed by atoms with Crippen molar-refractivity contribution in [3.63, 3.8) is 0 Å². The number of nitrogens with one attached hydrogen (secondary N) is 1. The number of carbonyl (C=O) groups is 2. The lowest BCUT2D eigenvalue weighted by Crippen LogP contribution is -2.33. The van der Waals surface area contributed by atoms with Crippen molar-refractivity contribution in [2.75, 3.05) is 19.0 Å². The molecule has 0 aliphatic carbocycles. The van der Waals surface area contributed by atoms with Crippen LogP contribution in [0.2, 0.25) is 0 Å². The molecule has 2 aromatic carbocycles. The summed E-state index contributed by atoms with van der Waals surface area (Å²) in [4.78, 5) is 23.9. The second-order valence-corrected chi connectivity index (χ2v) is 8.28. The Morgan fingerprint density at radius 1 is 1.11 bits per heavy atom. The minimum atomic E-state index is -3.61. The highest BCUT2D eigenvalue weighted by molar-refractivity contribution is 7.89. The van der Waals surface area contributed by atoms with E-state index in [9.17, 15) is 23.1 Å². The van der Waals surface area contributed by atoms with Crippen LogP contribution in [0, 0.1) is 0 Å². The van der Waals surface area contributed by atoms with Gasteiger partial charge in [-0.1, -0.05) is 12.1 Å². The minimum absolute atomic E-state index is 0.0425. The molecule has 28 heavy (non-hydrogen) atoms. The van der Waals surface area contributed by atoms with Gasteiger partial charge in [0.25, 0.3) is 5.91 Å². The van der Waals surface area contributed by atoms with Crippen molar-refractivity contribution in [2.24, 2.45) is 0 Å². The number of amides is 1. The summed E-state index contributed by atoms with van der Waals surface area (Å²) >= 11 is 0. The van der Waals surface area contributed by atoms with Crippen LogP contribution in [0.3, 0.4) is 0 Å². The van der Waals surface area contributed by atoms with Crippen LogP contribution in [0.25, 0.3) is 0 Å². The molecule has 2 aromatic rings. The number of aromatic hydroxyl groups is 1. The zero-order valence-electron chi connectivity index (χ0n) is 15.7. The van der Waals surface area contributed by atoms with E-state index in [1.54, 1.807) is 26.0 Å². The Labute approximate surface area is 163 Å². The standard InChI is InChI=1S/C19H22N2O6S/c1-13(2)21(3)28(25,26)15-10-8-14(9-11-15)20-18(23)12-27-19(24)16-6-4-5-7-17(16)22/h4-11,13,22H,12H2,1-3H3,(H,20,23). The number of carbonyl (C=O) groups excluding carboxylic acids is 2. The molecular formula is C19H22N2O6S. The maximum Gasteiger partial charge on any atom is 0.342 e. The minimum Gasteiger partial charge on any atom is -0.507 e. The monoisotopic (exact) mass is 406 g/mol. The van der Waals surface area contributed by atoms with Crippen LogP contribution < -0.4 is 5.32 Å². The SMILES string of the molecule is CC(C)N(C)S(=O)(=O)c1ccc(NC(=O)COC(=O)c2ccccc2O)cc1. The fourth-order valence-corrected chi connectivity index (χ4v) is 3.57. The second-order valence-electron chi connectivity index (χ2n) is 6.28. The third-order valence-electron chi connectivity index (χ3n) is 4.00. The van der Waals surface area contributed by atoms with Gasteiger partial charge in [-0.05, 0) is 50.2 Å². The number of sulfonamides is 1. The fourth-order valence-electron chi connectivity index (χ4n) is 2.21. The van der Waals surface area contributed by atoms with E-state index in [4.69, 9.17) is 4.74 Å². The molecule has 9 heteroatoms. The van der Waals surface area contributed by atoms with Gasteiger partial charge in [-0.25, -0.2) is 13.2 Å². The Hall–Kier alpha value is -2.91. The van der Waals surface area contributed by atoms with Crippen LogP contribution in [-0.2, 0) is 19.6 Å². The third-order valence-corrected chi connectivity index (χ3v) is 6.05. The van der Waals surface area contributed by atoms with Crippen molar-refractivity contribution >= 4 is 27.6 Å². The third kappa shape index (κ3) is 5.08. The Balaban J connectivity index is 1.96. The number of hydrogen-bond donors (Lipinski definition) is 2. The fraction of sp³-hybridized carbons (Fsp3) is 0.263. The van der Waals surface area contributed by atoms with E-state index in [1.807, 2.05) is 0 Å². The summed E-state index contributed by atoms with van der Waals surface area (Å²) in [6.45, 7) is 2.98. The highest BCUT2D eigenvalue weighted by Crippen LogP contribution is 2.19. The van der Waals surface area contributed by atoms with Crippen LogP contribution in [0.4, 0.5) is 5.69 Å². The lowest BCUT2D eigenvalue weighted by molar-refractivity contribution is -0.119. The Kier molecular flexibility index (Phi) is 6.76. The molecule has 0 radical (unpaired) electrons. The zero-order chi connectivity index (χ0) is 20.9. The van der Waals surface area contributed by atoms with Crippen LogP contribution in [0.5, 0.6) is 5.75 Å². The number of rotatable bonds is 7. The van der Waals surface area contributed by atoms with Gasteiger partial charge in [0.15, 0.2) is 6.61 Å². The van der Waals surface area contributed by atoms with E-state index >= 15 is 0 Å². The molecule has 0 atom stereocenters. The van der Waals surface area contributed by atoms with Crippen molar-refractivity contribution in [3.05, 3.63) is 54.1 Å². The predicted molar refractivity (Wildman–Crippen MR) is 104 cm³/mol. The number of benzene rings is 2. The first-order chi connectivity index (χ1) is 13.1. The van der Waals surface area contributed by atoms with E-state index < -0.39 is 28.5 Å². The molecule has 0 aliphatic rings. The van der Waals surface area contributed by atoms with Gasteiger partial charge >= 0.3 is 5.97 Å². The summed E-state index contributed by atoms with van der Waals surface area (Å²) in [6.07, 6.45) is 0. The Bertz CT molecular complexity index is 955. The smallest absolute Gasteiger partial charge is 0.342 e. The van der Waals surface area contributed by atoms with E-state index in [0.717, 1.165) is 0 Å². The number of anilines is 1. The molecule has 0 saturated heterocycles. The van der Waals surface area contributed by atoms with Crippen molar-refractivity contribution < 1.29 is 27.9 Å². The molecule has 2 rings (SSSR count). The van der Waals surface area contributed by atoms with Crippen LogP contribution in [-0.4, -0.2) is 49.4 Å².